The lowest BCUT2D eigenvalue weighted by Crippen LogP contribution is -2.15. The second-order valence-electron chi connectivity index (χ2n) is 7.04. The van der Waals surface area contributed by atoms with Crippen molar-refractivity contribution in [3.8, 4) is 17.1 Å². The van der Waals surface area contributed by atoms with Gasteiger partial charge in [0.25, 0.3) is 0 Å². The highest BCUT2D eigenvalue weighted by atomic mass is 35.5. The SMILES string of the molecule is Cc1cccc(NC(=O)CSc2nnc(-c3ccccc3Cl)n2-c2ccccc2)c1C. The van der Waals surface area contributed by atoms with Crippen LogP contribution in [0, 0.1) is 13.8 Å². The molecule has 1 amide bonds. The van der Waals surface area contributed by atoms with Gasteiger partial charge < -0.3 is 5.32 Å². The molecule has 4 aromatic rings. The van der Waals surface area contributed by atoms with Crippen LogP contribution in [0.15, 0.2) is 78.0 Å². The van der Waals surface area contributed by atoms with E-state index in [0.29, 0.717) is 16.0 Å². The van der Waals surface area contributed by atoms with Gasteiger partial charge in [-0.3, -0.25) is 9.36 Å². The number of aryl methyl sites for hydroxylation is 1. The molecule has 0 spiro atoms. The first kappa shape index (κ1) is 21.2. The van der Waals surface area contributed by atoms with Crippen LogP contribution in [0.4, 0.5) is 5.69 Å². The molecule has 0 saturated carbocycles. The van der Waals surface area contributed by atoms with Gasteiger partial charge >= 0.3 is 0 Å². The predicted octanol–water partition coefficient (Wildman–Crippen LogP) is 5.94. The van der Waals surface area contributed by atoms with Crippen molar-refractivity contribution < 1.29 is 4.79 Å². The van der Waals surface area contributed by atoms with Crippen LogP contribution in [0.5, 0.6) is 0 Å². The van der Waals surface area contributed by atoms with Gasteiger partial charge in [-0.2, -0.15) is 0 Å². The van der Waals surface area contributed by atoms with E-state index >= 15 is 0 Å². The molecule has 5 nitrogen and oxygen atoms in total. The van der Waals surface area contributed by atoms with Crippen LogP contribution in [-0.4, -0.2) is 26.4 Å². The number of hydrogen-bond acceptors (Lipinski definition) is 4. The lowest BCUT2D eigenvalue weighted by atomic mass is 10.1. The number of para-hydroxylation sites is 1. The average molecular weight is 449 g/mol. The Morgan fingerprint density at radius 3 is 2.48 bits per heavy atom. The van der Waals surface area contributed by atoms with Crippen LogP contribution in [0.1, 0.15) is 11.1 Å². The van der Waals surface area contributed by atoms with Gasteiger partial charge in [0, 0.05) is 16.9 Å². The number of carbonyl (C=O) groups is 1. The van der Waals surface area contributed by atoms with E-state index in [1.54, 1.807) is 0 Å². The van der Waals surface area contributed by atoms with E-state index < -0.39 is 0 Å². The van der Waals surface area contributed by atoms with Crippen molar-refractivity contribution >= 4 is 35.0 Å². The minimum atomic E-state index is -0.0967. The van der Waals surface area contributed by atoms with Crippen molar-refractivity contribution in [2.75, 3.05) is 11.1 Å². The molecule has 3 aromatic carbocycles. The van der Waals surface area contributed by atoms with E-state index in [-0.39, 0.29) is 11.7 Å². The summed E-state index contributed by atoms with van der Waals surface area (Å²) in [5.74, 6) is 0.746. The van der Waals surface area contributed by atoms with Crippen LogP contribution < -0.4 is 5.32 Å². The summed E-state index contributed by atoms with van der Waals surface area (Å²) in [5, 5.41) is 13.0. The van der Waals surface area contributed by atoms with Crippen molar-refractivity contribution in [1.82, 2.24) is 14.8 Å². The number of nitrogens with one attached hydrogen (secondary N) is 1. The maximum Gasteiger partial charge on any atom is 0.234 e. The Kier molecular flexibility index (Phi) is 6.39. The molecule has 1 aromatic heterocycles. The third-order valence-corrected chi connectivity index (χ3v) is 6.23. The van der Waals surface area contributed by atoms with Crippen LogP contribution in [0.3, 0.4) is 0 Å². The molecule has 1 N–H and O–H groups in total. The average Bonchev–Trinajstić information content (AvgIpc) is 3.20. The molecule has 156 valence electrons. The number of amides is 1. The Morgan fingerprint density at radius 2 is 1.71 bits per heavy atom. The van der Waals surface area contributed by atoms with E-state index in [9.17, 15) is 4.79 Å². The zero-order valence-electron chi connectivity index (χ0n) is 17.2. The molecule has 0 saturated heterocycles. The van der Waals surface area contributed by atoms with Gasteiger partial charge in [0.2, 0.25) is 5.91 Å². The molecular formula is C24H21ClN4OS. The molecule has 0 aliphatic carbocycles. The van der Waals surface area contributed by atoms with E-state index in [2.05, 4.69) is 15.5 Å². The molecule has 0 bridgehead atoms. The maximum absolute atomic E-state index is 12.6. The fourth-order valence-corrected chi connectivity index (χ4v) is 4.17. The van der Waals surface area contributed by atoms with Gasteiger partial charge in [-0.1, -0.05) is 65.8 Å². The first-order valence-electron chi connectivity index (χ1n) is 9.79. The summed E-state index contributed by atoms with van der Waals surface area (Å²) in [6.45, 7) is 4.03. The number of aromatic nitrogens is 3. The molecule has 0 aliphatic heterocycles. The zero-order chi connectivity index (χ0) is 21.8. The topological polar surface area (TPSA) is 59.8 Å². The number of halogens is 1. The molecule has 1 heterocycles. The molecule has 0 fully saturated rings. The number of anilines is 1. The van der Waals surface area contributed by atoms with E-state index in [1.807, 2.05) is 91.2 Å². The Morgan fingerprint density at radius 1 is 0.968 bits per heavy atom. The van der Waals surface area contributed by atoms with Gasteiger partial charge in [0.1, 0.15) is 0 Å². The van der Waals surface area contributed by atoms with Crippen molar-refractivity contribution in [2.45, 2.75) is 19.0 Å². The minimum absolute atomic E-state index is 0.0967. The number of rotatable bonds is 6. The highest BCUT2D eigenvalue weighted by Gasteiger charge is 2.19. The zero-order valence-corrected chi connectivity index (χ0v) is 18.7. The number of thioether (sulfide) groups is 1. The monoisotopic (exact) mass is 448 g/mol. The van der Waals surface area contributed by atoms with Crippen molar-refractivity contribution in [3.63, 3.8) is 0 Å². The summed E-state index contributed by atoms with van der Waals surface area (Å²) in [6, 6.07) is 23.2. The van der Waals surface area contributed by atoms with E-state index in [1.165, 1.54) is 11.8 Å². The standard InChI is InChI=1S/C24H21ClN4OS/c1-16-9-8-14-21(17(16)2)26-22(30)15-31-24-28-27-23(19-12-6-7-13-20(19)25)29(24)18-10-4-3-5-11-18/h3-14H,15H2,1-2H3,(H,26,30). The molecule has 0 radical (unpaired) electrons. The smallest absolute Gasteiger partial charge is 0.234 e. The minimum Gasteiger partial charge on any atom is -0.325 e. The fourth-order valence-electron chi connectivity index (χ4n) is 3.19. The normalized spacial score (nSPS) is 10.8. The van der Waals surface area contributed by atoms with E-state index in [0.717, 1.165) is 28.1 Å². The van der Waals surface area contributed by atoms with Crippen LogP contribution >= 0.6 is 23.4 Å². The quantitative estimate of drug-likeness (QED) is 0.371. The van der Waals surface area contributed by atoms with Crippen molar-refractivity contribution in [3.05, 3.63) is 88.9 Å². The number of carbonyl (C=O) groups excluding carboxylic acids is 1. The third-order valence-electron chi connectivity index (χ3n) is 4.97. The van der Waals surface area contributed by atoms with Gasteiger partial charge in [-0.05, 0) is 55.3 Å². The summed E-state index contributed by atoms with van der Waals surface area (Å²) in [5.41, 5.74) is 4.71. The summed E-state index contributed by atoms with van der Waals surface area (Å²) in [7, 11) is 0. The maximum atomic E-state index is 12.6. The first-order chi connectivity index (χ1) is 15.0. The fraction of sp³-hybridized carbons (Fsp3) is 0.125. The van der Waals surface area contributed by atoms with Crippen LogP contribution in [0.2, 0.25) is 5.02 Å². The summed E-state index contributed by atoms with van der Waals surface area (Å²) in [4.78, 5) is 12.6. The summed E-state index contributed by atoms with van der Waals surface area (Å²) in [6.07, 6.45) is 0. The first-order valence-corrected chi connectivity index (χ1v) is 11.2. The molecule has 0 atom stereocenters. The van der Waals surface area contributed by atoms with Crippen LogP contribution in [-0.2, 0) is 4.79 Å². The van der Waals surface area contributed by atoms with E-state index in [4.69, 9.17) is 11.6 Å². The summed E-state index contributed by atoms with van der Waals surface area (Å²) >= 11 is 7.76. The second kappa shape index (κ2) is 9.37. The lowest BCUT2D eigenvalue weighted by Gasteiger charge is -2.12. The summed E-state index contributed by atoms with van der Waals surface area (Å²) < 4.78 is 1.93. The number of nitrogens with zero attached hydrogens (tertiary/aromatic N) is 3. The predicted molar refractivity (Wildman–Crippen MR) is 127 cm³/mol. The molecule has 7 heteroatoms. The Balaban J connectivity index is 1.61. The molecule has 31 heavy (non-hydrogen) atoms. The Bertz CT molecular complexity index is 1220. The highest BCUT2D eigenvalue weighted by Crippen LogP contribution is 2.32. The van der Waals surface area contributed by atoms with Gasteiger partial charge in [0.15, 0.2) is 11.0 Å². The van der Waals surface area contributed by atoms with Gasteiger partial charge in [-0.25, -0.2) is 0 Å². The van der Waals surface area contributed by atoms with Gasteiger partial charge in [-0.15, -0.1) is 10.2 Å². The van der Waals surface area contributed by atoms with Crippen molar-refractivity contribution in [1.29, 1.82) is 0 Å². The molecular weight excluding hydrogens is 428 g/mol. The number of hydrogen-bond donors (Lipinski definition) is 1. The lowest BCUT2D eigenvalue weighted by molar-refractivity contribution is -0.113. The molecule has 0 unspecified atom stereocenters. The third kappa shape index (κ3) is 4.65. The van der Waals surface area contributed by atoms with Gasteiger partial charge in [0.05, 0.1) is 10.8 Å². The molecule has 0 aliphatic rings. The Hall–Kier alpha value is -3.09. The second-order valence-corrected chi connectivity index (χ2v) is 8.39. The van der Waals surface area contributed by atoms with Crippen molar-refractivity contribution in [2.24, 2.45) is 0 Å². The Labute approximate surface area is 190 Å². The highest BCUT2D eigenvalue weighted by molar-refractivity contribution is 7.99. The largest absolute Gasteiger partial charge is 0.325 e. The van der Waals surface area contributed by atoms with Crippen LogP contribution in [0.25, 0.3) is 17.1 Å². The number of benzene rings is 3. The molecule has 4 rings (SSSR count).